The lowest BCUT2D eigenvalue weighted by Gasteiger charge is -2.28. The summed E-state index contributed by atoms with van der Waals surface area (Å²) < 4.78 is 72.5. The number of halogens is 5. The first-order valence-electron chi connectivity index (χ1n) is 9.55. The van der Waals surface area contributed by atoms with Crippen molar-refractivity contribution >= 4 is 6.29 Å². The number of alkyl halides is 2. The molecular weight excluding hydrogens is 391 g/mol. The largest absolute Gasteiger partial charge is 0.429 e. The first-order chi connectivity index (χ1) is 13.8. The van der Waals surface area contributed by atoms with Gasteiger partial charge in [0.05, 0.1) is 5.56 Å². The predicted octanol–water partition coefficient (Wildman–Crippen LogP) is 6.49. The van der Waals surface area contributed by atoms with Crippen LogP contribution in [0.25, 0.3) is 0 Å². The van der Waals surface area contributed by atoms with E-state index in [4.69, 9.17) is 0 Å². The van der Waals surface area contributed by atoms with E-state index in [2.05, 4.69) is 4.74 Å². The quantitative estimate of drug-likeness (QED) is 0.295. The van der Waals surface area contributed by atoms with Crippen LogP contribution in [0.5, 0.6) is 5.75 Å². The number of ether oxygens (including phenoxy) is 1. The van der Waals surface area contributed by atoms with Crippen LogP contribution in [0.4, 0.5) is 22.0 Å². The fourth-order valence-corrected chi connectivity index (χ4v) is 3.83. The lowest BCUT2D eigenvalue weighted by atomic mass is 9.77. The third-order valence-corrected chi connectivity index (χ3v) is 5.46. The molecule has 2 aromatic rings. The molecule has 1 saturated carbocycles. The molecule has 0 N–H and O–H groups in total. The van der Waals surface area contributed by atoms with Gasteiger partial charge in [0, 0.05) is 6.42 Å². The first-order valence-corrected chi connectivity index (χ1v) is 9.55. The van der Waals surface area contributed by atoms with E-state index in [0.717, 1.165) is 44.0 Å². The average molecular weight is 412 g/mol. The van der Waals surface area contributed by atoms with Crippen LogP contribution in [0, 0.1) is 23.4 Å². The fraction of sp³-hybridized carbons (Fsp3) is 0.409. The van der Waals surface area contributed by atoms with Crippen molar-refractivity contribution in [1.29, 1.82) is 0 Å². The maximum absolute atomic E-state index is 14.2. The normalized spacial score (nSPS) is 19.8. The molecule has 1 aliphatic rings. The highest BCUT2D eigenvalue weighted by molar-refractivity contribution is 5.49. The van der Waals surface area contributed by atoms with E-state index in [1.54, 1.807) is 12.1 Å². The summed E-state index contributed by atoms with van der Waals surface area (Å²) >= 11 is 0. The second kappa shape index (κ2) is 8.93. The van der Waals surface area contributed by atoms with Gasteiger partial charge in [-0.25, -0.2) is 13.2 Å². The van der Waals surface area contributed by atoms with Crippen LogP contribution >= 0.6 is 0 Å². The van der Waals surface area contributed by atoms with Gasteiger partial charge in [-0.05, 0) is 73.8 Å². The zero-order chi connectivity index (χ0) is 21.0. The van der Waals surface area contributed by atoms with Crippen LogP contribution in [-0.2, 0) is 10.9 Å². The van der Waals surface area contributed by atoms with Crippen molar-refractivity contribution in [2.24, 2.45) is 5.92 Å². The molecule has 7 heteroatoms. The van der Waals surface area contributed by atoms with E-state index in [-0.39, 0.29) is 17.9 Å². The molecule has 0 saturated heterocycles. The Morgan fingerprint density at radius 2 is 1.55 bits per heavy atom. The van der Waals surface area contributed by atoms with Gasteiger partial charge in [0.25, 0.3) is 0 Å². The maximum Gasteiger partial charge on any atom is 0.426 e. The Bertz CT molecular complexity index is 820. The Labute approximate surface area is 165 Å². The van der Waals surface area contributed by atoms with Gasteiger partial charge < -0.3 is 9.53 Å². The molecule has 0 unspecified atom stereocenters. The number of hydrogen-bond donors (Lipinski definition) is 0. The molecule has 156 valence electrons. The van der Waals surface area contributed by atoms with Crippen molar-refractivity contribution in [3.05, 3.63) is 65.0 Å². The number of hydrogen-bond acceptors (Lipinski definition) is 2. The summed E-state index contributed by atoms with van der Waals surface area (Å²) in [6, 6.07) is 6.61. The molecule has 2 nitrogen and oxygen atoms in total. The third kappa shape index (κ3) is 5.14. The minimum absolute atomic E-state index is 0.163. The molecule has 0 aromatic heterocycles. The van der Waals surface area contributed by atoms with Gasteiger partial charge in [0.2, 0.25) is 0 Å². The number of rotatable bonds is 7. The second-order valence-corrected chi connectivity index (χ2v) is 7.40. The molecule has 2 aromatic carbocycles. The van der Waals surface area contributed by atoms with E-state index in [9.17, 15) is 26.7 Å². The molecule has 0 spiro atoms. The van der Waals surface area contributed by atoms with Gasteiger partial charge in [-0.2, -0.15) is 8.78 Å². The monoisotopic (exact) mass is 412 g/mol. The van der Waals surface area contributed by atoms with Gasteiger partial charge in [-0.15, -0.1) is 0 Å². The van der Waals surface area contributed by atoms with E-state index in [0.29, 0.717) is 18.3 Å². The van der Waals surface area contributed by atoms with Crippen molar-refractivity contribution in [2.75, 3.05) is 0 Å². The lowest BCUT2D eigenvalue weighted by Crippen LogP contribution is -2.22. The molecule has 1 fully saturated rings. The Morgan fingerprint density at radius 1 is 0.966 bits per heavy atom. The Balaban J connectivity index is 1.64. The SMILES string of the molecule is O=CCCC1CCC(c2ccc(OC(F)(F)c3cc(F)c(F)c(F)c3)cc2)CC1. The minimum atomic E-state index is -4.02. The third-order valence-electron chi connectivity index (χ3n) is 5.46. The number of carbonyl (C=O) groups excluding carboxylic acids is 1. The smallest absolute Gasteiger partial charge is 0.426 e. The number of aldehydes is 1. The van der Waals surface area contributed by atoms with Crippen molar-refractivity contribution in [3.8, 4) is 5.75 Å². The van der Waals surface area contributed by atoms with Crippen molar-refractivity contribution in [3.63, 3.8) is 0 Å². The summed E-state index contributed by atoms with van der Waals surface area (Å²) in [5.41, 5.74) is -0.0972. The summed E-state index contributed by atoms with van der Waals surface area (Å²) in [4.78, 5) is 10.5. The van der Waals surface area contributed by atoms with Crippen LogP contribution in [0.15, 0.2) is 36.4 Å². The Hall–Kier alpha value is -2.44. The average Bonchev–Trinajstić information content (AvgIpc) is 2.71. The van der Waals surface area contributed by atoms with Crippen molar-refractivity contribution in [1.82, 2.24) is 0 Å². The first kappa shape index (κ1) is 21.3. The highest BCUT2D eigenvalue weighted by atomic mass is 19.3. The Morgan fingerprint density at radius 3 is 2.10 bits per heavy atom. The molecule has 1 aliphatic carbocycles. The van der Waals surface area contributed by atoms with Gasteiger partial charge >= 0.3 is 6.11 Å². The molecule has 0 atom stereocenters. The molecule has 29 heavy (non-hydrogen) atoms. The molecular formula is C22H21F5O2. The van der Waals surface area contributed by atoms with Crippen molar-refractivity contribution < 1.29 is 31.5 Å². The summed E-state index contributed by atoms with van der Waals surface area (Å²) in [5.74, 6) is -4.52. The summed E-state index contributed by atoms with van der Waals surface area (Å²) in [7, 11) is 0. The van der Waals surface area contributed by atoms with E-state index < -0.39 is 29.1 Å². The fourth-order valence-electron chi connectivity index (χ4n) is 3.83. The summed E-state index contributed by atoms with van der Waals surface area (Å²) in [6.07, 6.45) is 2.39. The van der Waals surface area contributed by atoms with Gasteiger partial charge in [0.15, 0.2) is 17.5 Å². The van der Waals surface area contributed by atoms with Crippen LogP contribution < -0.4 is 4.74 Å². The zero-order valence-electron chi connectivity index (χ0n) is 15.6. The van der Waals surface area contributed by atoms with Crippen LogP contribution in [0.1, 0.15) is 55.6 Å². The standard InChI is InChI=1S/C22H21F5O2/c23-19-12-17(13-20(24)21(19)25)22(26,27)29-18-9-7-16(8-10-18)15-5-3-14(4-6-15)2-1-11-28/h7-15H,1-6H2. The second-order valence-electron chi connectivity index (χ2n) is 7.40. The summed E-state index contributed by atoms with van der Waals surface area (Å²) in [5, 5.41) is 0. The van der Waals surface area contributed by atoms with Gasteiger partial charge in [-0.3, -0.25) is 0 Å². The molecule has 0 radical (unpaired) electrons. The van der Waals surface area contributed by atoms with Crippen LogP contribution in [0.2, 0.25) is 0 Å². The number of benzene rings is 2. The van der Waals surface area contributed by atoms with E-state index in [1.165, 1.54) is 12.1 Å². The molecule has 3 rings (SSSR count). The van der Waals surface area contributed by atoms with Crippen molar-refractivity contribution in [2.45, 2.75) is 50.6 Å². The Kier molecular flexibility index (Phi) is 6.55. The van der Waals surface area contributed by atoms with Gasteiger partial charge in [-0.1, -0.05) is 12.1 Å². The van der Waals surface area contributed by atoms with E-state index >= 15 is 0 Å². The van der Waals surface area contributed by atoms with E-state index in [1.807, 2.05) is 0 Å². The minimum Gasteiger partial charge on any atom is -0.429 e. The lowest BCUT2D eigenvalue weighted by molar-refractivity contribution is -0.185. The molecule has 0 bridgehead atoms. The highest BCUT2D eigenvalue weighted by Gasteiger charge is 2.36. The van der Waals surface area contributed by atoms with Crippen LogP contribution in [0.3, 0.4) is 0 Å². The molecule has 0 heterocycles. The maximum atomic E-state index is 14.2. The molecule has 0 amide bonds. The van der Waals surface area contributed by atoms with Crippen LogP contribution in [-0.4, -0.2) is 6.29 Å². The number of carbonyl (C=O) groups is 1. The topological polar surface area (TPSA) is 26.3 Å². The predicted molar refractivity (Wildman–Crippen MR) is 97.3 cm³/mol. The summed E-state index contributed by atoms with van der Waals surface area (Å²) in [6.45, 7) is 0. The zero-order valence-corrected chi connectivity index (χ0v) is 15.6. The molecule has 0 aliphatic heterocycles. The van der Waals surface area contributed by atoms with Gasteiger partial charge in [0.1, 0.15) is 12.0 Å². The highest BCUT2D eigenvalue weighted by Crippen LogP contribution is 2.39.